The molecule has 3 heterocycles. The van der Waals surface area contributed by atoms with Gasteiger partial charge in [-0.3, -0.25) is 0 Å². The summed E-state index contributed by atoms with van der Waals surface area (Å²) in [7, 11) is 12.2. The highest BCUT2D eigenvalue weighted by Crippen LogP contribution is 2.35. The summed E-state index contributed by atoms with van der Waals surface area (Å²) in [4.78, 5) is 13.1. The number of halogens is 1. The van der Waals surface area contributed by atoms with Crippen LogP contribution in [0.2, 0.25) is 0 Å². The molecule has 182 valence electrons. The lowest BCUT2D eigenvalue weighted by atomic mass is 9.64. The zero-order valence-corrected chi connectivity index (χ0v) is 21.2. The molecule has 0 fully saturated rings. The Labute approximate surface area is 219 Å². The first-order valence-corrected chi connectivity index (χ1v) is 12.2. The van der Waals surface area contributed by atoms with Gasteiger partial charge in [0.2, 0.25) is 0 Å². The molecule has 5 aromatic rings. The van der Waals surface area contributed by atoms with E-state index in [4.69, 9.17) is 36.0 Å². The van der Waals surface area contributed by atoms with Gasteiger partial charge in [-0.05, 0) is 45.0 Å². The number of anilines is 1. The number of nitrogens with two attached hydrogens (primary N) is 1. The number of hydrogen-bond donors (Lipinski definition) is 1. The van der Waals surface area contributed by atoms with Crippen molar-refractivity contribution in [3.05, 3.63) is 70.7 Å². The standard InChI is InChI=1S/C25H21B2FN6O2S/c1-13(2)34-24-21(23(29)31-12-32-24)22(33-34)15-4-6-17(7-5-15)35-18-8-16(28)9-19(10-18)36-25(26,27)20-11-30-14(3)37-20/h4-13H,1-3H3,(H2,29,31,32). The smallest absolute Gasteiger partial charge is 0.164 e. The Morgan fingerprint density at radius 3 is 2.43 bits per heavy atom. The number of aryl methyl sites for hydroxylation is 1. The molecule has 0 spiro atoms. The fourth-order valence-corrected chi connectivity index (χ4v) is 4.55. The lowest BCUT2D eigenvalue weighted by Gasteiger charge is -2.26. The Bertz CT molecular complexity index is 1590. The second-order valence-corrected chi connectivity index (χ2v) is 9.97. The summed E-state index contributed by atoms with van der Waals surface area (Å²) in [5.41, 5.74) is 8.28. The number of hydrogen-bond acceptors (Lipinski definition) is 8. The third kappa shape index (κ3) is 5.01. The zero-order chi connectivity index (χ0) is 26.3. The molecule has 0 atom stereocenters. The monoisotopic (exact) mass is 510 g/mol. The summed E-state index contributed by atoms with van der Waals surface area (Å²) in [5.74, 6) is 0.586. The van der Waals surface area contributed by atoms with E-state index in [1.165, 1.54) is 42.1 Å². The number of fused-ring (bicyclic) bond motifs is 1. The Morgan fingerprint density at radius 1 is 1.03 bits per heavy atom. The molecule has 2 N–H and O–H groups in total. The Kier molecular flexibility index (Phi) is 6.36. The highest BCUT2D eigenvalue weighted by Gasteiger charge is 2.25. The van der Waals surface area contributed by atoms with Crippen LogP contribution in [0.15, 0.2) is 55.0 Å². The first-order valence-electron chi connectivity index (χ1n) is 11.4. The van der Waals surface area contributed by atoms with Crippen molar-refractivity contribution in [2.24, 2.45) is 0 Å². The summed E-state index contributed by atoms with van der Waals surface area (Å²) >= 11 is 1.30. The maximum absolute atomic E-state index is 14.4. The van der Waals surface area contributed by atoms with E-state index in [2.05, 4.69) is 15.0 Å². The minimum atomic E-state index is -1.67. The van der Waals surface area contributed by atoms with Gasteiger partial charge in [-0.2, -0.15) is 5.10 Å². The van der Waals surface area contributed by atoms with E-state index < -0.39 is 11.2 Å². The molecule has 12 heteroatoms. The maximum atomic E-state index is 14.4. The Balaban J connectivity index is 1.40. The molecule has 0 saturated heterocycles. The van der Waals surface area contributed by atoms with Crippen LogP contribution in [0.4, 0.5) is 10.2 Å². The van der Waals surface area contributed by atoms with Crippen LogP contribution in [-0.4, -0.2) is 40.4 Å². The molecular formula is C25H21B2FN6O2S. The van der Waals surface area contributed by atoms with E-state index in [0.29, 0.717) is 33.2 Å². The van der Waals surface area contributed by atoms with Gasteiger partial charge in [-0.1, -0.05) is 0 Å². The molecule has 0 bridgehead atoms. The predicted molar refractivity (Wildman–Crippen MR) is 143 cm³/mol. The first kappa shape index (κ1) is 24.8. The molecule has 0 amide bonds. The number of benzene rings is 2. The number of aromatic nitrogens is 5. The van der Waals surface area contributed by atoms with E-state index in [1.807, 2.05) is 37.6 Å². The maximum Gasteiger partial charge on any atom is 0.164 e. The third-order valence-corrected chi connectivity index (χ3v) is 6.55. The summed E-state index contributed by atoms with van der Waals surface area (Å²) < 4.78 is 27.7. The summed E-state index contributed by atoms with van der Waals surface area (Å²) in [5, 5.41) is 4.51. The van der Waals surface area contributed by atoms with Gasteiger partial charge in [-0.25, -0.2) is 24.0 Å². The minimum absolute atomic E-state index is 0.0819. The van der Waals surface area contributed by atoms with Crippen molar-refractivity contribution in [3.8, 4) is 28.5 Å². The van der Waals surface area contributed by atoms with Crippen LogP contribution in [-0.2, 0) is 5.40 Å². The molecule has 0 aliphatic rings. The molecule has 0 aliphatic heterocycles. The molecule has 3 aromatic heterocycles. The molecule has 5 rings (SSSR count). The third-order valence-electron chi connectivity index (χ3n) is 5.51. The normalized spacial score (nSPS) is 11.8. The fourth-order valence-electron chi connectivity index (χ4n) is 3.82. The van der Waals surface area contributed by atoms with Crippen molar-refractivity contribution in [3.63, 3.8) is 0 Å². The van der Waals surface area contributed by atoms with Gasteiger partial charge in [0, 0.05) is 40.9 Å². The van der Waals surface area contributed by atoms with Crippen LogP contribution in [0.5, 0.6) is 17.2 Å². The molecule has 8 nitrogen and oxygen atoms in total. The molecule has 0 saturated carbocycles. The minimum Gasteiger partial charge on any atom is -0.501 e. The van der Waals surface area contributed by atoms with E-state index in [9.17, 15) is 4.39 Å². The van der Waals surface area contributed by atoms with Crippen molar-refractivity contribution in [1.29, 1.82) is 0 Å². The van der Waals surface area contributed by atoms with Crippen LogP contribution in [0, 0.1) is 12.7 Å². The van der Waals surface area contributed by atoms with E-state index in [1.54, 1.807) is 12.1 Å². The number of rotatable bonds is 7. The lowest BCUT2D eigenvalue weighted by Crippen LogP contribution is -2.33. The van der Waals surface area contributed by atoms with Gasteiger partial charge in [0.25, 0.3) is 0 Å². The SMILES string of the molecule is [B]C([B])(Oc1cc(F)cc(Oc2ccc(-c3nn(C(C)C)c4ncnc(N)c34)cc2)c1)c1cnc(C)s1. The summed E-state index contributed by atoms with van der Waals surface area (Å²) in [6.07, 6.45) is 2.96. The summed E-state index contributed by atoms with van der Waals surface area (Å²) in [6, 6.07) is 11.2. The van der Waals surface area contributed by atoms with E-state index in [-0.39, 0.29) is 17.5 Å². The molecule has 2 aromatic carbocycles. The molecule has 0 aliphatic carbocycles. The van der Waals surface area contributed by atoms with Gasteiger partial charge in [0.1, 0.15) is 56.6 Å². The number of thiazole rings is 1. The van der Waals surface area contributed by atoms with Crippen molar-refractivity contribution in [2.75, 3.05) is 5.73 Å². The lowest BCUT2D eigenvalue weighted by molar-refractivity contribution is 0.246. The topological polar surface area (TPSA) is 101 Å². The second kappa shape index (κ2) is 9.51. The molecule has 37 heavy (non-hydrogen) atoms. The van der Waals surface area contributed by atoms with Gasteiger partial charge >= 0.3 is 0 Å². The highest BCUT2D eigenvalue weighted by molar-refractivity contribution is 7.12. The van der Waals surface area contributed by atoms with Crippen LogP contribution in [0.3, 0.4) is 0 Å². The summed E-state index contributed by atoms with van der Waals surface area (Å²) in [6.45, 7) is 5.85. The van der Waals surface area contributed by atoms with Gasteiger partial charge in [0.15, 0.2) is 5.65 Å². The Hall–Kier alpha value is -3.92. The number of nitrogens with zero attached hydrogens (tertiary/aromatic N) is 5. The fraction of sp³-hybridized carbons (Fsp3) is 0.200. The van der Waals surface area contributed by atoms with Crippen LogP contribution < -0.4 is 15.2 Å². The average molecular weight is 510 g/mol. The van der Waals surface area contributed by atoms with E-state index >= 15 is 0 Å². The largest absolute Gasteiger partial charge is 0.501 e. The highest BCUT2D eigenvalue weighted by atomic mass is 32.1. The van der Waals surface area contributed by atoms with Crippen LogP contribution >= 0.6 is 11.3 Å². The van der Waals surface area contributed by atoms with Crippen molar-refractivity contribution in [1.82, 2.24) is 24.7 Å². The second-order valence-electron chi connectivity index (χ2n) is 8.73. The quantitative estimate of drug-likeness (QED) is 0.312. The van der Waals surface area contributed by atoms with Crippen LogP contribution in [0.25, 0.3) is 22.3 Å². The van der Waals surface area contributed by atoms with E-state index in [0.717, 1.165) is 10.6 Å². The zero-order valence-electron chi connectivity index (χ0n) is 20.3. The number of ether oxygens (including phenoxy) is 2. The van der Waals surface area contributed by atoms with Crippen molar-refractivity contribution in [2.45, 2.75) is 32.2 Å². The van der Waals surface area contributed by atoms with Crippen LogP contribution in [0.1, 0.15) is 29.8 Å². The molecule has 0 unspecified atom stereocenters. The van der Waals surface area contributed by atoms with Gasteiger partial charge in [0.05, 0.1) is 15.8 Å². The van der Waals surface area contributed by atoms with Gasteiger partial charge in [-0.15, -0.1) is 11.3 Å². The Morgan fingerprint density at radius 2 is 1.76 bits per heavy atom. The van der Waals surface area contributed by atoms with Crippen molar-refractivity contribution >= 4 is 43.9 Å². The molecular weight excluding hydrogens is 489 g/mol. The molecule has 4 radical (unpaired) electrons. The van der Waals surface area contributed by atoms with Gasteiger partial charge < -0.3 is 15.2 Å². The average Bonchev–Trinajstić information content (AvgIpc) is 3.44. The number of nitrogen functional groups attached to an aromatic ring is 1. The van der Waals surface area contributed by atoms with Crippen molar-refractivity contribution < 1.29 is 13.9 Å². The first-order chi connectivity index (χ1) is 17.6. The predicted octanol–water partition coefficient (Wildman–Crippen LogP) is 4.88.